The molecule has 8 aromatic carbocycles. The van der Waals surface area contributed by atoms with Crippen LogP contribution in [0.25, 0.3) is 27.5 Å². The van der Waals surface area contributed by atoms with Crippen molar-refractivity contribution in [1.82, 2.24) is 4.57 Å². The number of anilines is 6. The fraction of sp³-hybridized carbons (Fsp3) is 0.0769. The van der Waals surface area contributed by atoms with Crippen LogP contribution in [0.3, 0.4) is 0 Å². The summed E-state index contributed by atoms with van der Waals surface area (Å²) in [6.07, 6.45) is 3.93. The predicted molar refractivity (Wildman–Crippen MR) is 236 cm³/mol. The molecule has 5 nitrogen and oxygen atoms in total. The maximum absolute atomic E-state index is 6.74. The van der Waals surface area contributed by atoms with E-state index in [-0.39, 0.29) is 6.71 Å². The molecule has 4 aliphatic carbocycles. The second-order valence-electron chi connectivity index (χ2n) is 16.3. The number of hydrogen-bond donors (Lipinski definition) is 0. The largest absolute Gasteiger partial charge is 0.453 e. The van der Waals surface area contributed by atoms with Crippen LogP contribution in [-0.4, -0.2) is 11.3 Å². The minimum atomic E-state index is -0.0314. The molecule has 6 heteroatoms. The Morgan fingerprint density at radius 1 is 0.448 bits per heavy atom. The Morgan fingerprint density at radius 2 is 0.983 bits per heavy atom. The van der Waals surface area contributed by atoms with E-state index in [1.807, 2.05) is 0 Å². The third kappa shape index (κ3) is 4.01. The highest BCUT2D eigenvalue weighted by Gasteiger charge is 2.48. The maximum atomic E-state index is 6.74. The third-order valence-electron chi connectivity index (χ3n) is 13.3. The zero-order chi connectivity index (χ0) is 37.6. The second-order valence-corrected chi connectivity index (χ2v) is 16.3. The van der Waals surface area contributed by atoms with Gasteiger partial charge in [-0.1, -0.05) is 103 Å². The number of hydrogen-bond acceptors (Lipinski definition) is 4. The summed E-state index contributed by atoms with van der Waals surface area (Å²) in [5, 5.41) is 2.68. The van der Waals surface area contributed by atoms with Crippen molar-refractivity contribution in [3.63, 3.8) is 0 Å². The Hall–Kier alpha value is -7.18. The zero-order valence-corrected chi connectivity index (χ0v) is 31.6. The van der Waals surface area contributed by atoms with Gasteiger partial charge < -0.3 is 23.8 Å². The molecule has 4 bridgehead atoms. The summed E-state index contributed by atoms with van der Waals surface area (Å²) in [7, 11) is 0. The highest BCUT2D eigenvalue weighted by Crippen LogP contribution is 2.56. The fourth-order valence-corrected chi connectivity index (χ4v) is 10.8. The number of para-hydroxylation sites is 7. The van der Waals surface area contributed by atoms with Crippen molar-refractivity contribution in [3.05, 3.63) is 180 Å². The summed E-state index contributed by atoms with van der Waals surface area (Å²) >= 11 is 0. The summed E-state index contributed by atoms with van der Waals surface area (Å²) in [5.74, 6) is 3.47. The van der Waals surface area contributed by atoms with Crippen LogP contribution in [0, 0.1) is 0 Å². The van der Waals surface area contributed by atoms with E-state index in [1.165, 1.54) is 71.8 Å². The second kappa shape index (κ2) is 11.2. The molecule has 0 fully saturated rings. The number of fused-ring (bicyclic) bond motifs is 9. The average Bonchev–Trinajstić information content (AvgIpc) is 3.62. The van der Waals surface area contributed by atoms with Crippen LogP contribution in [0.15, 0.2) is 158 Å². The van der Waals surface area contributed by atoms with E-state index in [0.29, 0.717) is 0 Å². The molecule has 1 aromatic heterocycles. The van der Waals surface area contributed by atoms with Gasteiger partial charge in [-0.2, -0.15) is 0 Å². The first-order valence-electron chi connectivity index (χ1n) is 20.5. The molecule has 0 spiro atoms. The monoisotopic (exact) mass is 743 g/mol. The molecular weight excluding hydrogens is 709 g/mol. The lowest BCUT2D eigenvalue weighted by Gasteiger charge is -2.47. The van der Waals surface area contributed by atoms with Crippen molar-refractivity contribution in [1.29, 1.82) is 0 Å². The minimum absolute atomic E-state index is 0.0314. The first-order chi connectivity index (χ1) is 28.8. The van der Waals surface area contributed by atoms with Gasteiger partial charge in [0.2, 0.25) is 0 Å². The van der Waals surface area contributed by atoms with Gasteiger partial charge in [0.25, 0.3) is 6.71 Å². The summed E-state index contributed by atoms with van der Waals surface area (Å²) in [4.78, 5) is 4.97. The summed E-state index contributed by atoms with van der Waals surface area (Å²) < 4.78 is 16.1. The normalized spacial score (nSPS) is 14.8. The molecule has 8 aliphatic rings. The topological polar surface area (TPSA) is 29.9 Å². The molecule has 272 valence electrons. The Morgan fingerprint density at radius 3 is 1.62 bits per heavy atom. The van der Waals surface area contributed by atoms with Crippen LogP contribution < -0.4 is 35.7 Å². The van der Waals surface area contributed by atoms with Crippen molar-refractivity contribution in [2.45, 2.75) is 25.7 Å². The van der Waals surface area contributed by atoms with E-state index in [9.17, 15) is 0 Å². The van der Waals surface area contributed by atoms with E-state index in [1.54, 1.807) is 0 Å². The molecular formula is C52H34BN3O2. The van der Waals surface area contributed by atoms with Gasteiger partial charge >= 0.3 is 0 Å². The van der Waals surface area contributed by atoms with Crippen LogP contribution in [0.2, 0.25) is 0 Å². The lowest BCUT2D eigenvalue weighted by molar-refractivity contribution is 0.477. The first-order valence-corrected chi connectivity index (χ1v) is 20.5. The molecule has 4 aliphatic heterocycles. The molecule has 9 aromatic rings. The quantitative estimate of drug-likeness (QED) is 0.157. The highest BCUT2D eigenvalue weighted by molar-refractivity contribution is 7.00. The molecule has 0 radical (unpaired) electrons. The Labute approximate surface area is 336 Å². The zero-order valence-electron chi connectivity index (χ0n) is 31.6. The number of aromatic nitrogens is 1. The SMILES string of the molecule is c1ccc2c(c1)Oc1cccc3c1N2c1cc(-n2c4ccccc4c4c5ccc(c42)CCc2ccc(cc2)CC5)cc2c1B3c1cccc3c1N2c1ccccc1O3. The fourth-order valence-electron chi connectivity index (χ4n) is 10.8. The molecule has 5 heterocycles. The minimum Gasteiger partial charge on any atom is -0.453 e. The highest BCUT2D eigenvalue weighted by atomic mass is 16.5. The standard InChI is InChI=1S/C52H34BN3O2/c1-2-12-39-36(9-1)48-33-25-23-31-19-21-32(22-20-31)24-26-34(28-27-33)50(48)54(39)35-29-42-49-43(30-35)56-41-14-4-6-16-45(41)58-47-18-8-11-38(52(47)56)53(49)37-10-7-17-46-51(37)55(42)40-13-3-5-15-44(40)57-46/h1-22,27-30H,23-26H2. The van der Waals surface area contributed by atoms with Gasteiger partial charge in [-0.15, -0.1) is 0 Å². The molecule has 0 atom stereocenters. The lowest BCUT2D eigenvalue weighted by atomic mass is 9.33. The number of rotatable bonds is 1. The van der Waals surface area contributed by atoms with E-state index >= 15 is 0 Å². The van der Waals surface area contributed by atoms with E-state index in [4.69, 9.17) is 9.47 Å². The first kappa shape index (κ1) is 31.0. The molecule has 58 heavy (non-hydrogen) atoms. The van der Waals surface area contributed by atoms with Gasteiger partial charge in [0.15, 0.2) is 23.0 Å². The van der Waals surface area contributed by atoms with Crippen molar-refractivity contribution < 1.29 is 9.47 Å². The molecule has 0 unspecified atom stereocenters. The Bertz CT molecular complexity index is 3150. The predicted octanol–water partition coefficient (Wildman–Crippen LogP) is 11.0. The maximum Gasteiger partial charge on any atom is 0.252 e. The van der Waals surface area contributed by atoms with Crippen LogP contribution in [0.4, 0.5) is 34.1 Å². The molecule has 17 rings (SSSR count). The van der Waals surface area contributed by atoms with Crippen molar-refractivity contribution in [2.75, 3.05) is 9.80 Å². The smallest absolute Gasteiger partial charge is 0.252 e. The van der Waals surface area contributed by atoms with Gasteiger partial charge in [-0.05, 0) is 119 Å². The van der Waals surface area contributed by atoms with Crippen molar-refractivity contribution >= 4 is 79.0 Å². The van der Waals surface area contributed by atoms with Crippen LogP contribution in [0.1, 0.15) is 22.3 Å². The van der Waals surface area contributed by atoms with Crippen molar-refractivity contribution in [2.24, 2.45) is 0 Å². The third-order valence-corrected chi connectivity index (χ3v) is 13.3. The van der Waals surface area contributed by atoms with Gasteiger partial charge in [0.05, 0.1) is 39.5 Å². The number of nitrogens with zero attached hydrogens (tertiary/aromatic N) is 3. The molecule has 0 amide bonds. The summed E-state index contributed by atoms with van der Waals surface area (Å²) in [6.45, 7) is -0.0314. The molecule has 0 saturated heterocycles. The number of benzene rings is 8. The van der Waals surface area contributed by atoms with Gasteiger partial charge in [-0.25, -0.2) is 0 Å². The van der Waals surface area contributed by atoms with Gasteiger partial charge in [-0.3, -0.25) is 0 Å². The molecule has 0 N–H and O–H groups in total. The van der Waals surface area contributed by atoms with E-state index in [0.717, 1.165) is 77.1 Å². The van der Waals surface area contributed by atoms with Crippen LogP contribution in [-0.2, 0) is 25.7 Å². The Balaban J connectivity index is 1.13. The Kier molecular flexibility index (Phi) is 6.00. The number of aryl methyl sites for hydroxylation is 4. The van der Waals surface area contributed by atoms with E-state index < -0.39 is 0 Å². The average molecular weight is 744 g/mol. The molecule has 0 saturated carbocycles. The van der Waals surface area contributed by atoms with Gasteiger partial charge in [0.1, 0.15) is 0 Å². The summed E-state index contributed by atoms with van der Waals surface area (Å²) in [5.41, 5.74) is 19.6. The van der Waals surface area contributed by atoms with Crippen LogP contribution in [0.5, 0.6) is 23.0 Å². The van der Waals surface area contributed by atoms with Gasteiger partial charge in [0, 0.05) is 22.1 Å². The van der Waals surface area contributed by atoms with Crippen molar-refractivity contribution in [3.8, 4) is 28.7 Å². The lowest BCUT2D eigenvalue weighted by Crippen LogP contribution is -2.61. The number of ether oxygens (including phenoxy) is 2. The van der Waals surface area contributed by atoms with Crippen LogP contribution >= 0.6 is 0 Å². The summed E-state index contributed by atoms with van der Waals surface area (Å²) in [6, 6.07) is 58.3. The van der Waals surface area contributed by atoms with E-state index in [2.05, 4.69) is 172 Å².